The summed E-state index contributed by atoms with van der Waals surface area (Å²) < 4.78 is 45.3. The Morgan fingerprint density at radius 3 is 2.59 bits per heavy atom. The number of halogens is 4. The third kappa shape index (κ3) is 4.62. The molecule has 10 heteroatoms. The Hall–Kier alpha value is -2.94. The van der Waals surface area contributed by atoms with Crippen molar-refractivity contribution in [3.05, 3.63) is 47.0 Å². The Morgan fingerprint density at radius 2 is 1.96 bits per heavy atom. The maximum Gasteiger partial charge on any atom is 0.573 e. The van der Waals surface area contributed by atoms with Crippen LogP contribution in [0.4, 0.5) is 24.8 Å². The number of ether oxygens (including phenoxy) is 2. The molecule has 0 aliphatic heterocycles. The Labute approximate surface area is 156 Å². The molecule has 0 fully saturated rings. The number of carbonyl (C=O) groups excluding carboxylic acids is 1. The summed E-state index contributed by atoms with van der Waals surface area (Å²) in [6.45, 7) is 1.90. The lowest BCUT2D eigenvalue weighted by Gasteiger charge is -2.09. The van der Waals surface area contributed by atoms with Crippen LogP contribution in [0.1, 0.15) is 17.3 Å². The van der Waals surface area contributed by atoms with Crippen molar-refractivity contribution in [2.75, 3.05) is 11.9 Å². The van der Waals surface area contributed by atoms with Gasteiger partial charge in [-0.25, -0.2) is 9.78 Å². The van der Waals surface area contributed by atoms with Gasteiger partial charge in [-0.3, -0.25) is 0 Å². The first kappa shape index (κ1) is 18.8. The molecule has 142 valence electrons. The zero-order valence-electron chi connectivity index (χ0n) is 13.9. The van der Waals surface area contributed by atoms with E-state index in [1.165, 1.54) is 30.3 Å². The fraction of sp³-hybridized carbons (Fsp3) is 0.176. The Bertz CT molecular complexity index is 971. The molecule has 27 heavy (non-hydrogen) atoms. The molecule has 0 unspecified atom stereocenters. The van der Waals surface area contributed by atoms with E-state index in [9.17, 15) is 18.0 Å². The van der Waals surface area contributed by atoms with Gasteiger partial charge in [-0.1, -0.05) is 11.6 Å². The van der Waals surface area contributed by atoms with E-state index < -0.39 is 12.3 Å². The van der Waals surface area contributed by atoms with E-state index in [1.807, 2.05) is 0 Å². The van der Waals surface area contributed by atoms with Gasteiger partial charge in [0.1, 0.15) is 5.75 Å². The third-order valence-corrected chi connectivity index (χ3v) is 3.73. The number of aromatic amines is 1. The molecule has 0 bridgehead atoms. The second-order valence-corrected chi connectivity index (χ2v) is 5.76. The highest BCUT2D eigenvalue weighted by Gasteiger charge is 2.30. The maximum absolute atomic E-state index is 12.2. The molecule has 0 radical (unpaired) electrons. The van der Waals surface area contributed by atoms with Gasteiger partial charge in [0.05, 0.1) is 28.2 Å². The second kappa shape index (κ2) is 7.36. The average Bonchev–Trinajstić information content (AvgIpc) is 2.96. The summed E-state index contributed by atoms with van der Waals surface area (Å²) in [5.41, 5.74) is 1.73. The number of esters is 1. The van der Waals surface area contributed by atoms with E-state index in [-0.39, 0.29) is 22.9 Å². The predicted octanol–water partition coefficient (Wildman–Crippen LogP) is 5.04. The van der Waals surface area contributed by atoms with Crippen molar-refractivity contribution in [1.29, 1.82) is 0 Å². The molecular weight excluding hydrogens is 387 g/mol. The summed E-state index contributed by atoms with van der Waals surface area (Å²) in [4.78, 5) is 19.1. The van der Waals surface area contributed by atoms with E-state index in [0.717, 1.165) is 0 Å². The van der Waals surface area contributed by atoms with Crippen LogP contribution in [0.3, 0.4) is 0 Å². The van der Waals surface area contributed by atoms with Crippen LogP contribution < -0.4 is 10.1 Å². The molecule has 1 aromatic heterocycles. The Balaban J connectivity index is 1.80. The lowest BCUT2D eigenvalue weighted by atomic mass is 10.2. The van der Waals surface area contributed by atoms with Crippen LogP contribution >= 0.6 is 11.6 Å². The van der Waals surface area contributed by atoms with Crippen LogP contribution in [0.5, 0.6) is 5.75 Å². The summed E-state index contributed by atoms with van der Waals surface area (Å²) in [6.07, 6.45) is -4.75. The molecule has 3 aromatic rings. The summed E-state index contributed by atoms with van der Waals surface area (Å²) in [5.74, 6) is -0.558. The third-order valence-electron chi connectivity index (χ3n) is 3.42. The molecule has 3 rings (SSSR count). The summed E-state index contributed by atoms with van der Waals surface area (Å²) in [6, 6.07) is 8.21. The molecule has 1 heterocycles. The van der Waals surface area contributed by atoms with Gasteiger partial charge in [0, 0.05) is 5.69 Å². The number of rotatable bonds is 5. The van der Waals surface area contributed by atoms with E-state index >= 15 is 0 Å². The molecule has 0 spiro atoms. The van der Waals surface area contributed by atoms with Gasteiger partial charge in [0.15, 0.2) is 0 Å². The number of hydrogen-bond acceptors (Lipinski definition) is 5. The molecule has 0 amide bonds. The molecule has 0 aliphatic carbocycles. The molecule has 0 saturated heterocycles. The molecule has 0 aliphatic rings. The van der Waals surface area contributed by atoms with Crippen LogP contribution in [0, 0.1) is 0 Å². The van der Waals surface area contributed by atoms with Crippen LogP contribution in [-0.2, 0) is 4.74 Å². The molecule has 0 atom stereocenters. The van der Waals surface area contributed by atoms with Gasteiger partial charge in [-0.15, -0.1) is 13.2 Å². The summed E-state index contributed by atoms with van der Waals surface area (Å²) in [7, 11) is 0. The minimum atomic E-state index is -4.75. The van der Waals surface area contributed by atoms with Crippen molar-refractivity contribution in [2.45, 2.75) is 13.3 Å². The second-order valence-electron chi connectivity index (χ2n) is 5.35. The van der Waals surface area contributed by atoms with Crippen LogP contribution in [0.25, 0.3) is 11.0 Å². The molecule has 2 N–H and O–H groups in total. The predicted molar refractivity (Wildman–Crippen MR) is 93.5 cm³/mol. The number of fused-ring (bicyclic) bond motifs is 1. The van der Waals surface area contributed by atoms with Crippen LogP contribution in [-0.4, -0.2) is 28.9 Å². The highest BCUT2D eigenvalue weighted by Crippen LogP contribution is 2.27. The maximum atomic E-state index is 12.2. The summed E-state index contributed by atoms with van der Waals surface area (Å²) >= 11 is 6.10. The first-order valence-corrected chi connectivity index (χ1v) is 8.12. The lowest BCUT2D eigenvalue weighted by Crippen LogP contribution is -2.16. The van der Waals surface area contributed by atoms with E-state index in [0.29, 0.717) is 22.7 Å². The average molecular weight is 400 g/mol. The number of nitrogens with zero attached hydrogens (tertiary/aromatic N) is 1. The van der Waals surface area contributed by atoms with Crippen LogP contribution in [0.2, 0.25) is 5.02 Å². The number of alkyl halides is 3. The number of carbonyl (C=O) groups is 1. The standard InChI is InChI=1S/C17H13ClF3N3O3/c1-2-26-15(25)11-7-13-14(8-12(11)18)24-16(23-13)22-9-3-5-10(6-4-9)27-17(19,20)21/h3-8H,2H2,1H3,(H2,22,23,24). The molecular formula is C17H13ClF3N3O3. The number of benzene rings is 2. The first-order valence-electron chi connectivity index (χ1n) is 7.74. The van der Waals surface area contributed by atoms with Crippen molar-refractivity contribution in [2.24, 2.45) is 0 Å². The van der Waals surface area contributed by atoms with Gasteiger partial charge >= 0.3 is 12.3 Å². The van der Waals surface area contributed by atoms with Crippen molar-refractivity contribution < 1.29 is 27.4 Å². The van der Waals surface area contributed by atoms with E-state index in [2.05, 4.69) is 20.0 Å². The van der Waals surface area contributed by atoms with Crippen molar-refractivity contribution in [3.8, 4) is 5.75 Å². The lowest BCUT2D eigenvalue weighted by molar-refractivity contribution is -0.274. The zero-order chi connectivity index (χ0) is 19.6. The molecule has 6 nitrogen and oxygen atoms in total. The zero-order valence-corrected chi connectivity index (χ0v) is 14.6. The van der Waals surface area contributed by atoms with Crippen molar-refractivity contribution in [3.63, 3.8) is 0 Å². The van der Waals surface area contributed by atoms with Gasteiger partial charge in [0.25, 0.3) is 0 Å². The number of imidazole rings is 1. The SMILES string of the molecule is CCOC(=O)c1cc2nc(Nc3ccc(OC(F)(F)F)cc3)[nH]c2cc1Cl. The highest BCUT2D eigenvalue weighted by atomic mass is 35.5. The number of aromatic nitrogens is 2. The van der Waals surface area contributed by atoms with E-state index in [4.69, 9.17) is 16.3 Å². The summed E-state index contributed by atoms with van der Waals surface area (Å²) in [5, 5.41) is 3.13. The quantitative estimate of drug-likeness (QED) is 0.588. The fourth-order valence-corrected chi connectivity index (χ4v) is 2.57. The number of hydrogen-bond donors (Lipinski definition) is 2. The number of nitrogens with one attached hydrogen (secondary N) is 2. The van der Waals surface area contributed by atoms with Gasteiger partial charge < -0.3 is 19.8 Å². The van der Waals surface area contributed by atoms with Crippen LogP contribution in [0.15, 0.2) is 36.4 Å². The first-order chi connectivity index (χ1) is 12.7. The number of anilines is 2. The van der Waals surface area contributed by atoms with Gasteiger partial charge in [-0.2, -0.15) is 0 Å². The van der Waals surface area contributed by atoms with Gasteiger partial charge in [-0.05, 0) is 43.3 Å². The Kier molecular flexibility index (Phi) is 5.13. The number of H-pyrrole nitrogens is 1. The van der Waals surface area contributed by atoms with Crippen molar-refractivity contribution in [1.82, 2.24) is 9.97 Å². The largest absolute Gasteiger partial charge is 0.573 e. The Morgan fingerprint density at radius 1 is 1.26 bits per heavy atom. The van der Waals surface area contributed by atoms with E-state index in [1.54, 1.807) is 13.0 Å². The monoisotopic (exact) mass is 399 g/mol. The van der Waals surface area contributed by atoms with Gasteiger partial charge in [0.2, 0.25) is 5.95 Å². The highest BCUT2D eigenvalue weighted by molar-refractivity contribution is 6.34. The topological polar surface area (TPSA) is 76.2 Å². The smallest absolute Gasteiger partial charge is 0.462 e. The normalized spacial score (nSPS) is 11.4. The molecule has 0 saturated carbocycles. The molecule has 2 aromatic carbocycles. The fourth-order valence-electron chi connectivity index (χ4n) is 2.33. The minimum Gasteiger partial charge on any atom is -0.462 e. The van der Waals surface area contributed by atoms with Crippen molar-refractivity contribution >= 4 is 40.2 Å². The minimum absolute atomic E-state index is 0.192.